The Morgan fingerprint density at radius 3 is 2.62 bits per heavy atom. The highest BCUT2D eigenvalue weighted by Crippen LogP contribution is 2.30. The molecule has 1 aromatic rings. The Kier molecular flexibility index (Phi) is 4.35. The van der Waals surface area contributed by atoms with Crippen LogP contribution in [0.1, 0.15) is 37.8 Å². The Hall–Kier alpha value is -1.51. The number of rotatable bonds is 5. The number of hydrogen-bond donors (Lipinski definition) is 1. The maximum Gasteiger partial charge on any atom is 0.341 e. The standard InChI is InChI=1S/C13H18O3/c1-4-10-6-5-7-11(9(2)3)13(10)16-8-12(14)15/h5-7,9H,4,8H2,1-3H3,(H,14,15). The first-order valence-corrected chi connectivity index (χ1v) is 5.52. The molecule has 0 bridgehead atoms. The van der Waals surface area contributed by atoms with E-state index in [4.69, 9.17) is 9.84 Å². The molecule has 0 unspecified atom stereocenters. The number of carbonyl (C=O) groups is 1. The van der Waals surface area contributed by atoms with Crippen molar-refractivity contribution in [3.05, 3.63) is 29.3 Å². The lowest BCUT2D eigenvalue weighted by Gasteiger charge is -2.16. The van der Waals surface area contributed by atoms with Crippen LogP contribution >= 0.6 is 0 Å². The summed E-state index contributed by atoms with van der Waals surface area (Å²) in [6.07, 6.45) is 0.843. The molecular weight excluding hydrogens is 204 g/mol. The van der Waals surface area contributed by atoms with E-state index in [2.05, 4.69) is 13.8 Å². The number of ether oxygens (including phenoxy) is 1. The molecule has 1 aromatic carbocycles. The van der Waals surface area contributed by atoms with Gasteiger partial charge in [0, 0.05) is 0 Å². The molecule has 1 rings (SSSR count). The Morgan fingerprint density at radius 2 is 2.12 bits per heavy atom. The highest BCUT2D eigenvalue weighted by molar-refractivity contribution is 5.68. The van der Waals surface area contributed by atoms with Crippen molar-refractivity contribution in [1.29, 1.82) is 0 Å². The van der Waals surface area contributed by atoms with Crippen LogP contribution in [0.5, 0.6) is 5.75 Å². The molecule has 0 aromatic heterocycles. The zero-order valence-electron chi connectivity index (χ0n) is 9.99. The van der Waals surface area contributed by atoms with Crippen molar-refractivity contribution in [3.8, 4) is 5.75 Å². The topological polar surface area (TPSA) is 46.5 Å². The second-order valence-electron chi connectivity index (χ2n) is 4.03. The van der Waals surface area contributed by atoms with Gasteiger partial charge in [-0.25, -0.2) is 4.79 Å². The first kappa shape index (κ1) is 12.6. The third-order valence-corrected chi connectivity index (χ3v) is 2.47. The molecule has 0 radical (unpaired) electrons. The van der Waals surface area contributed by atoms with Gasteiger partial charge in [0.1, 0.15) is 5.75 Å². The molecule has 3 heteroatoms. The molecule has 0 heterocycles. The third-order valence-electron chi connectivity index (χ3n) is 2.47. The fraction of sp³-hybridized carbons (Fsp3) is 0.462. The van der Waals surface area contributed by atoms with Crippen molar-refractivity contribution >= 4 is 5.97 Å². The average molecular weight is 222 g/mol. The van der Waals surface area contributed by atoms with Crippen molar-refractivity contribution in [1.82, 2.24) is 0 Å². The first-order chi connectivity index (χ1) is 7.56. The highest BCUT2D eigenvalue weighted by atomic mass is 16.5. The van der Waals surface area contributed by atoms with Crippen LogP contribution in [0.25, 0.3) is 0 Å². The predicted octanol–water partition coefficient (Wildman–Crippen LogP) is 2.84. The number of carboxylic acids is 1. The molecule has 3 nitrogen and oxygen atoms in total. The van der Waals surface area contributed by atoms with E-state index in [9.17, 15) is 4.79 Å². The molecule has 88 valence electrons. The fourth-order valence-electron chi connectivity index (χ4n) is 1.65. The SMILES string of the molecule is CCc1cccc(C(C)C)c1OCC(=O)O. The summed E-state index contributed by atoms with van der Waals surface area (Å²) in [7, 11) is 0. The van der Waals surface area contributed by atoms with Gasteiger partial charge in [-0.05, 0) is 23.5 Å². The van der Waals surface area contributed by atoms with Gasteiger partial charge in [-0.1, -0.05) is 39.0 Å². The van der Waals surface area contributed by atoms with Gasteiger partial charge in [0.2, 0.25) is 0 Å². The van der Waals surface area contributed by atoms with E-state index < -0.39 is 5.97 Å². The molecule has 0 aliphatic heterocycles. The minimum absolute atomic E-state index is 0.281. The number of carboxylic acid groups (broad SMARTS) is 1. The lowest BCUT2D eigenvalue weighted by atomic mass is 9.98. The Morgan fingerprint density at radius 1 is 1.44 bits per heavy atom. The number of aliphatic carboxylic acids is 1. The smallest absolute Gasteiger partial charge is 0.341 e. The molecule has 1 N–H and O–H groups in total. The van der Waals surface area contributed by atoms with E-state index in [-0.39, 0.29) is 6.61 Å². The summed E-state index contributed by atoms with van der Waals surface area (Å²) < 4.78 is 5.38. The van der Waals surface area contributed by atoms with E-state index in [0.29, 0.717) is 5.92 Å². The van der Waals surface area contributed by atoms with Crippen LogP contribution in [0, 0.1) is 0 Å². The summed E-state index contributed by atoms with van der Waals surface area (Å²) in [5.41, 5.74) is 2.13. The molecule has 0 spiro atoms. The lowest BCUT2D eigenvalue weighted by Crippen LogP contribution is -2.12. The number of hydrogen-bond acceptors (Lipinski definition) is 2. The predicted molar refractivity (Wildman–Crippen MR) is 63.0 cm³/mol. The minimum atomic E-state index is -0.944. The van der Waals surface area contributed by atoms with Crippen LogP contribution in [0.15, 0.2) is 18.2 Å². The maximum atomic E-state index is 10.5. The second-order valence-corrected chi connectivity index (χ2v) is 4.03. The molecule has 0 fully saturated rings. The maximum absolute atomic E-state index is 10.5. The molecule has 0 saturated carbocycles. The van der Waals surface area contributed by atoms with Crippen LogP contribution in [-0.2, 0) is 11.2 Å². The van der Waals surface area contributed by atoms with Gasteiger partial charge in [-0.2, -0.15) is 0 Å². The summed E-state index contributed by atoms with van der Waals surface area (Å²) in [6.45, 7) is 5.90. The lowest BCUT2D eigenvalue weighted by molar-refractivity contribution is -0.139. The highest BCUT2D eigenvalue weighted by Gasteiger charge is 2.12. The molecule has 0 saturated heterocycles. The fourth-order valence-corrected chi connectivity index (χ4v) is 1.65. The summed E-state index contributed by atoms with van der Waals surface area (Å²) in [4.78, 5) is 10.5. The monoisotopic (exact) mass is 222 g/mol. The first-order valence-electron chi connectivity index (χ1n) is 5.52. The van der Waals surface area contributed by atoms with Gasteiger partial charge in [0.05, 0.1) is 0 Å². The molecule has 0 amide bonds. The van der Waals surface area contributed by atoms with Gasteiger partial charge >= 0.3 is 5.97 Å². The van der Waals surface area contributed by atoms with Gasteiger partial charge in [0.15, 0.2) is 6.61 Å². The van der Waals surface area contributed by atoms with Gasteiger partial charge in [-0.3, -0.25) is 0 Å². The molecule has 0 aliphatic rings. The van der Waals surface area contributed by atoms with Crippen LogP contribution < -0.4 is 4.74 Å². The Balaban J connectivity index is 3.04. The van der Waals surface area contributed by atoms with Crippen molar-refractivity contribution in [2.45, 2.75) is 33.1 Å². The van der Waals surface area contributed by atoms with Crippen LogP contribution in [0.3, 0.4) is 0 Å². The van der Waals surface area contributed by atoms with Crippen molar-refractivity contribution in [2.24, 2.45) is 0 Å². The molecule has 0 aliphatic carbocycles. The zero-order valence-corrected chi connectivity index (χ0v) is 9.99. The van der Waals surface area contributed by atoms with Gasteiger partial charge in [-0.15, -0.1) is 0 Å². The Labute approximate surface area is 96.1 Å². The van der Waals surface area contributed by atoms with E-state index in [1.54, 1.807) is 0 Å². The second kappa shape index (κ2) is 5.54. The van der Waals surface area contributed by atoms with E-state index >= 15 is 0 Å². The largest absolute Gasteiger partial charge is 0.481 e. The Bertz CT molecular complexity index is 369. The summed E-state index contributed by atoms with van der Waals surface area (Å²) in [6, 6.07) is 5.95. The van der Waals surface area contributed by atoms with Crippen molar-refractivity contribution in [2.75, 3.05) is 6.61 Å². The van der Waals surface area contributed by atoms with Gasteiger partial charge in [0.25, 0.3) is 0 Å². The number of aryl methyl sites for hydroxylation is 1. The summed E-state index contributed by atoms with van der Waals surface area (Å²) >= 11 is 0. The van der Waals surface area contributed by atoms with Crippen molar-refractivity contribution < 1.29 is 14.6 Å². The van der Waals surface area contributed by atoms with Crippen LogP contribution in [0.4, 0.5) is 0 Å². The minimum Gasteiger partial charge on any atom is -0.481 e. The number of para-hydroxylation sites is 1. The summed E-state index contributed by atoms with van der Waals surface area (Å²) in [5, 5.41) is 8.64. The molecule has 0 atom stereocenters. The third kappa shape index (κ3) is 2.99. The van der Waals surface area contributed by atoms with Crippen LogP contribution in [-0.4, -0.2) is 17.7 Å². The average Bonchev–Trinajstić information content (AvgIpc) is 2.25. The normalized spacial score (nSPS) is 10.5. The van der Waals surface area contributed by atoms with E-state index in [0.717, 1.165) is 23.3 Å². The number of benzene rings is 1. The van der Waals surface area contributed by atoms with Gasteiger partial charge < -0.3 is 9.84 Å². The van der Waals surface area contributed by atoms with Crippen LogP contribution in [0.2, 0.25) is 0 Å². The zero-order chi connectivity index (χ0) is 12.1. The quantitative estimate of drug-likeness (QED) is 0.833. The van der Waals surface area contributed by atoms with E-state index in [1.165, 1.54) is 0 Å². The molecule has 16 heavy (non-hydrogen) atoms. The molecular formula is C13H18O3. The summed E-state index contributed by atoms with van der Waals surface area (Å²) in [5.74, 6) is 0.123. The van der Waals surface area contributed by atoms with E-state index in [1.807, 2.05) is 25.1 Å². The van der Waals surface area contributed by atoms with Crippen molar-refractivity contribution in [3.63, 3.8) is 0 Å².